The number of amides is 6. The van der Waals surface area contributed by atoms with Gasteiger partial charge in [-0.05, 0) is 153 Å². The second-order valence-electron chi connectivity index (χ2n) is 20.1. The molecule has 0 radical (unpaired) electrons. The lowest BCUT2D eigenvalue weighted by molar-refractivity contribution is -0.142. The molecular weight excluding hydrogens is 943 g/mol. The molecule has 0 saturated carbocycles. The van der Waals surface area contributed by atoms with E-state index in [0.717, 1.165) is 49.7 Å². The number of ether oxygens (including phenoxy) is 1. The summed E-state index contributed by atoms with van der Waals surface area (Å²) >= 11 is 0. The molecule has 7 rings (SSSR count). The fraction of sp³-hybridized carbons (Fsp3) is 0.611. The zero-order valence-electron chi connectivity index (χ0n) is 44.0. The average Bonchev–Trinajstić information content (AvgIpc) is 4.13. The highest BCUT2D eigenvalue weighted by molar-refractivity contribution is 5.94. The Balaban J connectivity index is 0.893. The molecule has 3 aromatic rings. The Hall–Kier alpha value is -6.41. The van der Waals surface area contributed by atoms with Crippen LogP contribution in [0.3, 0.4) is 0 Å². The van der Waals surface area contributed by atoms with Crippen molar-refractivity contribution in [2.45, 2.75) is 165 Å². The summed E-state index contributed by atoms with van der Waals surface area (Å²) in [5, 5.41) is 24.8. The molecule has 1 unspecified atom stereocenters. The second-order valence-corrected chi connectivity index (χ2v) is 20.1. The van der Waals surface area contributed by atoms with E-state index in [1.165, 1.54) is 18.2 Å². The van der Waals surface area contributed by atoms with Gasteiger partial charge in [-0.15, -0.1) is 0 Å². The summed E-state index contributed by atoms with van der Waals surface area (Å²) in [5.41, 5.74) is 4.77. The Morgan fingerprint density at radius 3 is 1.45 bits per heavy atom. The molecule has 2 aliphatic carbocycles. The van der Waals surface area contributed by atoms with E-state index in [2.05, 4.69) is 81.8 Å². The maximum Gasteiger partial charge on any atom is 0.322 e. The van der Waals surface area contributed by atoms with Gasteiger partial charge in [0.1, 0.15) is 24.2 Å². The van der Waals surface area contributed by atoms with Gasteiger partial charge in [0.25, 0.3) is 0 Å². The van der Waals surface area contributed by atoms with E-state index < -0.39 is 36.3 Å². The summed E-state index contributed by atoms with van der Waals surface area (Å²) in [6.07, 6.45) is 11.3. The van der Waals surface area contributed by atoms with Gasteiger partial charge in [0, 0.05) is 26.2 Å². The Bertz CT molecular complexity index is 2250. The summed E-state index contributed by atoms with van der Waals surface area (Å²) in [7, 11) is 4.85. The smallest absolute Gasteiger partial charge is 0.322 e. The van der Waals surface area contributed by atoms with Crippen molar-refractivity contribution < 1.29 is 33.5 Å². The summed E-state index contributed by atoms with van der Waals surface area (Å²) in [4.78, 5) is 98.9. The Morgan fingerprint density at radius 1 is 0.595 bits per heavy atom. The number of likely N-dealkylation sites (tertiary alicyclic amines) is 2. The lowest BCUT2D eigenvalue weighted by Gasteiger charge is -2.32. The second kappa shape index (κ2) is 27.2. The zero-order valence-corrected chi connectivity index (χ0v) is 44.0. The summed E-state index contributed by atoms with van der Waals surface area (Å²) in [6, 6.07) is 12.4. The van der Waals surface area contributed by atoms with E-state index in [4.69, 9.17) is 4.74 Å². The van der Waals surface area contributed by atoms with Crippen molar-refractivity contribution in [3.05, 3.63) is 70.8 Å². The van der Waals surface area contributed by atoms with E-state index >= 15 is 0 Å². The molecule has 6 amide bonds. The van der Waals surface area contributed by atoms with Crippen LogP contribution in [-0.2, 0) is 41.6 Å². The fourth-order valence-corrected chi connectivity index (χ4v) is 10.7. The van der Waals surface area contributed by atoms with Crippen LogP contribution in [-0.4, -0.2) is 144 Å². The molecule has 74 heavy (non-hydrogen) atoms. The molecule has 0 bridgehead atoms. The van der Waals surface area contributed by atoms with Crippen molar-refractivity contribution in [2.75, 3.05) is 58.0 Å². The lowest BCUT2D eigenvalue weighted by atomic mass is 9.87. The number of aromatic nitrogens is 3. The number of methoxy groups -OCH3 is 1. The highest BCUT2D eigenvalue weighted by Gasteiger charge is 2.40. The van der Waals surface area contributed by atoms with Gasteiger partial charge in [-0.25, -0.2) is 0 Å². The van der Waals surface area contributed by atoms with Gasteiger partial charge >= 0.3 is 6.01 Å². The minimum Gasteiger partial charge on any atom is -0.467 e. The lowest BCUT2D eigenvalue weighted by Crippen LogP contribution is -2.55. The largest absolute Gasteiger partial charge is 0.467 e. The van der Waals surface area contributed by atoms with Crippen LogP contribution >= 0.6 is 0 Å². The number of fused-ring (bicyclic) bond motifs is 2. The first-order valence-corrected chi connectivity index (χ1v) is 27.0. The number of carbonyl (C=O) groups is 6. The number of likely N-dealkylation sites (N-methyl/N-ethyl adjacent to an activating group) is 2. The molecule has 8 atom stereocenters. The predicted molar refractivity (Wildman–Crippen MR) is 282 cm³/mol. The molecule has 3 heterocycles. The number of hydrogen-bond donors (Lipinski definition) is 8. The highest BCUT2D eigenvalue weighted by atomic mass is 16.5. The van der Waals surface area contributed by atoms with E-state index in [-0.39, 0.29) is 53.5 Å². The van der Waals surface area contributed by atoms with Crippen molar-refractivity contribution >= 4 is 47.3 Å². The number of nitrogens with zero attached hydrogens (tertiary/aromatic N) is 5. The first-order chi connectivity index (χ1) is 35.9. The Kier molecular flexibility index (Phi) is 20.4. The molecule has 2 saturated heterocycles. The first-order valence-electron chi connectivity index (χ1n) is 27.0. The van der Waals surface area contributed by atoms with Crippen molar-refractivity contribution in [3.63, 3.8) is 0 Å². The van der Waals surface area contributed by atoms with E-state index in [1.54, 1.807) is 37.7 Å². The van der Waals surface area contributed by atoms with E-state index in [9.17, 15) is 28.8 Å². The number of hydrogen-bond acceptors (Lipinski definition) is 14. The number of carbonyl (C=O) groups excluding carboxylic acids is 6. The molecule has 1 aromatic heterocycles. The van der Waals surface area contributed by atoms with Crippen LogP contribution in [0.5, 0.6) is 6.01 Å². The van der Waals surface area contributed by atoms with Crippen LogP contribution in [0.15, 0.2) is 48.5 Å². The van der Waals surface area contributed by atoms with Gasteiger partial charge in [0.05, 0.1) is 31.3 Å². The third-order valence-electron chi connectivity index (χ3n) is 15.1. The molecule has 20 nitrogen and oxygen atoms in total. The number of nitrogens with one attached hydrogen (secondary N) is 8. The average molecular weight is 1020 g/mol. The standard InChI is InChI=1S/C54H79N13O7/c1-34(55-3)46(68)61-42(50(72)66-32-16-28-44(66)48(70)59-40-26-14-20-36-18-6-8-22-38(36)40)24-10-12-30-57-52-63-53(65-54(64-52)74-5)58-31-13-11-25-43(62-47(69)35(2)56-4)51(73)67-33-17-29-45(67)49(71)60-41-27-15-21-37-19-7-9-23-39(37)41/h6-9,18-19,22-23,34-35,40-45,55-56H,10-17,20-21,24-33H2,1-5H3,(H,59,70)(H,60,71)(H,61,68)(H,62,69)(H2,57,58,63,64,65)/t34-,35-,40+,41?,42-,43-,44-,45-/m0/s1. The molecule has 8 N–H and O–H groups in total. The van der Waals surface area contributed by atoms with E-state index in [1.807, 2.05) is 24.3 Å². The predicted octanol–water partition coefficient (Wildman–Crippen LogP) is 3.60. The molecule has 0 spiro atoms. The maximum atomic E-state index is 14.2. The molecule has 2 aliphatic heterocycles. The van der Waals surface area contributed by atoms with Crippen LogP contribution in [0.2, 0.25) is 0 Å². The van der Waals surface area contributed by atoms with Gasteiger partial charge < -0.3 is 57.1 Å². The van der Waals surface area contributed by atoms with Crippen molar-refractivity contribution in [1.82, 2.24) is 56.7 Å². The number of anilines is 2. The summed E-state index contributed by atoms with van der Waals surface area (Å²) in [5.74, 6) is -0.841. The van der Waals surface area contributed by atoms with Gasteiger partial charge in [-0.3, -0.25) is 28.8 Å². The first kappa shape index (κ1) is 55.3. The maximum absolute atomic E-state index is 14.2. The Morgan fingerprint density at radius 2 is 1.03 bits per heavy atom. The number of unbranched alkanes of at least 4 members (excludes halogenated alkanes) is 2. The van der Waals surface area contributed by atoms with Crippen LogP contribution < -0.4 is 47.3 Å². The molecule has 20 heteroatoms. The van der Waals surface area contributed by atoms with E-state index in [0.29, 0.717) is 102 Å². The molecule has 2 aromatic carbocycles. The van der Waals surface area contributed by atoms with Gasteiger partial charge in [0.15, 0.2) is 0 Å². The normalized spacial score (nSPS) is 20.7. The zero-order chi connectivity index (χ0) is 52.6. The summed E-state index contributed by atoms with van der Waals surface area (Å²) in [6.45, 7) is 5.26. The van der Waals surface area contributed by atoms with Crippen LogP contribution in [0.25, 0.3) is 0 Å². The quantitative estimate of drug-likeness (QED) is 0.0565. The molecule has 2 fully saturated rings. The topological polar surface area (TPSA) is 253 Å². The highest BCUT2D eigenvalue weighted by Crippen LogP contribution is 2.32. The number of rotatable bonds is 25. The Labute approximate surface area is 435 Å². The van der Waals surface area contributed by atoms with Crippen LogP contribution in [0, 0.1) is 0 Å². The fourth-order valence-electron chi connectivity index (χ4n) is 10.7. The van der Waals surface area contributed by atoms with Crippen molar-refractivity contribution in [3.8, 4) is 6.01 Å². The van der Waals surface area contributed by atoms with Crippen molar-refractivity contribution in [2.24, 2.45) is 0 Å². The number of aryl methyl sites for hydroxylation is 2. The third-order valence-corrected chi connectivity index (χ3v) is 15.1. The minimum atomic E-state index is -0.814. The van der Waals surface area contributed by atoms with Gasteiger partial charge in [-0.1, -0.05) is 48.5 Å². The van der Waals surface area contributed by atoms with Crippen LogP contribution in [0.4, 0.5) is 11.9 Å². The minimum absolute atomic E-state index is 0.0977. The van der Waals surface area contributed by atoms with Crippen molar-refractivity contribution in [1.29, 1.82) is 0 Å². The van der Waals surface area contributed by atoms with Gasteiger partial charge in [-0.2, -0.15) is 15.0 Å². The van der Waals surface area contributed by atoms with Crippen LogP contribution in [0.1, 0.15) is 138 Å². The SMILES string of the molecule is CN[C@@H](C)C(=O)N[C@@H](CCCCNc1nc(NCCCC[C@H](NC(=O)[C@H](C)NC)C(=O)N2CCC[C@H]2C(=O)N[C@@H]2CCCc3ccccc32)nc(OC)n1)C(=O)N1CCC[C@H]1C(=O)NC1CCCc2ccccc21. The molecule has 402 valence electrons. The number of benzene rings is 2. The van der Waals surface area contributed by atoms with Gasteiger partial charge in [0.2, 0.25) is 47.3 Å². The molecular formula is C54H79N13O7. The summed E-state index contributed by atoms with van der Waals surface area (Å²) < 4.78 is 5.39. The monoisotopic (exact) mass is 1020 g/mol. The third kappa shape index (κ3) is 14.5. The molecule has 4 aliphatic rings.